The van der Waals surface area contributed by atoms with Crippen LogP contribution in [0.15, 0.2) is 42.9 Å². The van der Waals surface area contributed by atoms with Gasteiger partial charge in [0.25, 0.3) is 0 Å². The normalized spacial score (nSPS) is 9.82. The fourth-order valence-electron chi connectivity index (χ4n) is 1.61. The van der Waals surface area contributed by atoms with Gasteiger partial charge in [0.15, 0.2) is 5.78 Å². The molecule has 0 spiro atoms. The summed E-state index contributed by atoms with van der Waals surface area (Å²) in [4.78, 5) is 15.6. The zero-order valence-corrected chi connectivity index (χ0v) is 9.21. The molecule has 1 aromatic heterocycles. The number of carbonyl (C=O) groups excluding carboxylic acids is 1. The van der Waals surface area contributed by atoms with Gasteiger partial charge in [0.1, 0.15) is 11.8 Å². The topological polar surface area (TPSA) is 58.7 Å². The van der Waals surface area contributed by atoms with E-state index in [1.165, 1.54) is 12.5 Å². The van der Waals surface area contributed by atoms with Crippen molar-refractivity contribution >= 4 is 5.78 Å². The lowest BCUT2D eigenvalue weighted by molar-refractivity contribution is -0.119. The molecular weight excluding hydrogens is 214 g/mol. The van der Waals surface area contributed by atoms with Crippen molar-refractivity contribution < 1.29 is 4.79 Å². The number of Topliss-reactive ketones (excluding diaryl/α,β-unsaturated/α-hetero) is 1. The first-order chi connectivity index (χ1) is 8.29. The summed E-state index contributed by atoms with van der Waals surface area (Å²) in [7, 11) is 0. The monoisotopic (exact) mass is 225 g/mol. The Hall–Kier alpha value is -2.41. The first-order valence-electron chi connectivity index (χ1n) is 5.25. The number of benzene rings is 1. The molecule has 0 aliphatic rings. The van der Waals surface area contributed by atoms with Crippen LogP contribution < -0.4 is 0 Å². The molecule has 84 valence electrons. The van der Waals surface area contributed by atoms with Crippen LogP contribution in [0.25, 0.3) is 0 Å². The van der Waals surface area contributed by atoms with E-state index in [2.05, 4.69) is 4.98 Å². The lowest BCUT2D eigenvalue weighted by atomic mass is 10.1. The Kier molecular flexibility index (Phi) is 3.31. The molecule has 0 bridgehead atoms. The minimum absolute atomic E-state index is 0.0608. The zero-order chi connectivity index (χ0) is 12.1. The highest BCUT2D eigenvalue weighted by molar-refractivity contribution is 5.80. The summed E-state index contributed by atoms with van der Waals surface area (Å²) < 4.78 is 1.56. The van der Waals surface area contributed by atoms with Gasteiger partial charge in [-0.25, -0.2) is 4.98 Å². The second kappa shape index (κ2) is 5.08. The minimum Gasteiger partial charge on any atom is -0.315 e. The van der Waals surface area contributed by atoms with Gasteiger partial charge in [0, 0.05) is 6.42 Å². The van der Waals surface area contributed by atoms with Gasteiger partial charge in [-0.1, -0.05) is 30.3 Å². The Bertz CT molecular complexity index is 552. The van der Waals surface area contributed by atoms with Crippen LogP contribution in [-0.4, -0.2) is 15.3 Å². The fourth-order valence-corrected chi connectivity index (χ4v) is 1.61. The molecule has 17 heavy (non-hydrogen) atoms. The maximum absolute atomic E-state index is 11.8. The fraction of sp³-hybridized carbons (Fsp3) is 0.154. The number of imidazole rings is 1. The second-order valence-electron chi connectivity index (χ2n) is 3.72. The van der Waals surface area contributed by atoms with E-state index in [-0.39, 0.29) is 12.3 Å². The predicted octanol–water partition coefficient (Wildman–Crippen LogP) is 1.57. The van der Waals surface area contributed by atoms with E-state index in [9.17, 15) is 4.79 Å². The molecule has 0 fully saturated rings. The van der Waals surface area contributed by atoms with Crippen LogP contribution in [0, 0.1) is 11.3 Å². The summed E-state index contributed by atoms with van der Waals surface area (Å²) in [6.07, 6.45) is 3.33. The number of aromatic nitrogens is 2. The maximum Gasteiger partial charge on any atom is 0.156 e. The molecule has 0 saturated heterocycles. The number of hydrogen-bond donors (Lipinski definition) is 0. The Balaban J connectivity index is 2.01. The summed E-state index contributed by atoms with van der Waals surface area (Å²) in [5.41, 5.74) is 1.39. The van der Waals surface area contributed by atoms with Crippen LogP contribution in [-0.2, 0) is 17.8 Å². The van der Waals surface area contributed by atoms with Crippen LogP contribution in [0.4, 0.5) is 0 Å². The standard InChI is InChI=1S/C13H11N3O/c14-7-12-8-15-10-16(12)9-13(17)6-11-4-2-1-3-5-11/h1-5,8,10H,6,9H2. The van der Waals surface area contributed by atoms with Crippen LogP contribution in [0.2, 0.25) is 0 Å². The molecule has 0 N–H and O–H groups in total. The summed E-state index contributed by atoms with van der Waals surface area (Å²) in [5.74, 6) is 0.0608. The molecule has 1 heterocycles. The predicted molar refractivity (Wildman–Crippen MR) is 62.1 cm³/mol. The largest absolute Gasteiger partial charge is 0.315 e. The van der Waals surface area contributed by atoms with Crippen molar-refractivity contribution in [1.82, 2.24) is 9.55 Å². The van der Waals surface area contributed by atoms with Gasteiger partial charge in [0.2, 0.25) is 0 Å². The van der Waals surface area contributed by atoms with Crippen molar-refractivity contribution in [3.63, 3.8) is 0 Å². The Labute approximate surface area is 99.1 Å². The lowest BCUT2D eigenvalue weighted by Gasteiger charge is -2.03. The number of nitriles is 1. The van der Waals surface area contributed by atoms with Gasteiger partial charge in [-0.15, -0.1) is 0 Å². The summed E-state index contributed by atoms with van der Waals surface area (Å²) in [6.45, 7) is 0.192. The molecule has 0 saturated carbocycles. The van der Waals surface area contributed by atoms with Gasteiger partial charge >= 0.3 is 0 Å². The van der Waals surface area contributed by atoms with E-state index in [1.807, 2.05) is 36.4 Å². The Morgan fingerprint density at radius 2 is 2.12 bits per heavy atom. The summed E-state index contributed by atoms with van der Waals surface area (Å²) in [5, 5.41) is 8.79. The molecule has 0 aliphatic carbocycles. The van der Waals surface area contributed by atoms with Gasteiger partial charge in [-0.2, -0.15) is 5.26 Å². The highest BCUT2D eigenvalue weighted by atomic mass is 16.1. The van der Waals surface area contributed by atoms with E-state index in [0.717, 1.165) is 5.56 Å². The molecule has 0 amide bonds. The van der Waals surface area contributed by atoms with Crippen molar-refractivity contribution in [2.45, 2.75) is 13.0 Å². The van der Waals surface area contributed by atoms with E-state index in [1.54, 1.807) is 4.57 Å². The summed E-state index contributed by atoms with van der Waals surface area (Å²) in [6, 6.07) is 11.5. The van der Waals surface area contributed by atoms with Crippen LogP contribution in [0.1, 0.15) is 11.3 Å². The van der Waals surface area contributed by atoms with Gasteiger partial charge in [-0.3, -0.25) is 4.79 Å². The highest BCUT2D eigenvalue weighted by Crippen LogP contribution is 2.03. The number of hydrogen-bond acceptors (Lipinski definition) is 3. The van der Waals surface area contributed by atoms with E-state index in [0.29, 0.717) is 12.1 Å². The molecule has 2 aromatic rings. The summed E-state index contributed by atoms with van der Waals surface area (Å²) >= 11 is 0. The van der Waals surface area contributed by atoms with E-state index < -0.39 is 0 Å². The van der Waals surface area contributed by atoms with Crippen LogP contribution in [0.3, 0.4) is 0 Å². The van der Waals surface area contributed by atoms with Crippen LogP contribution in [0.5, 0.6) is 0 Å². The lowest BCUT2D eigenvalue weighted by Crippen LogP contribution is -2.13. The van der Waals surface area contributed by atoms with Crippen LogP contribution >= 0.6 is 0 Å². The van der Waals surface area contributed by atoms with E-state index >= 15 is 0 Å². The zero-order valence-electron chi connectivity index (χ0n) is 9.21. The smallest absolute Gasteiger partial charge is 0.156 e. The molecule has 1 aromatic carbocycles. The quantitative estimate of drug-likeness (QED) is 0.793. The molecule has 0 unspecified atom stereocenters. The average molecular weight is 225 g/mol. The molecular formula is C13H11N3O. The van der Waals surface area contributed by atoms with Crippen molar-refractivity contribution in [2.24, 2.45) is 0 Å². The molecule has 0 radical (unpaired) electrons. The second-order valence-corrected chi connectivity index (χ2v) is 3.72. The third kappa shape index (κ3) is 2.79. The first kappa shape index (κ1) is 11.1. The molecule has 4 heteroatoms. The highest BCUT2D eigenvalue weighted by Gasteiger charge is 2.07. The van der Waals surface area contributed by atoms with Gasteiger partial charge < -0.3 is 4.57 Å². The maximum atomic E-state index is 11.8. The Morgan fingerprint density at radius 3 is 2.82 bits per heavy atom. The van der Waals surface area contributed by atoms with E-state index in [4.69, 9.17) is 5.26 Å². The number of carbonyl (C=O) groups is 1. The number of ketones is 1. The van der Waals surface area contributed by atoms with Gasteiger partial charge in [-0.05, 0) is 5.56 Å². The van der Waals surface area contributed by atoms with Crippen molar-refractivity contribution in [3.8, 4) is 6.07 Å². The first-order valence-corrected chi connectivity index (χ1v) is 5.25. The number of rotatable bonds is 4. The third-order valence-corrected chi connectivity index (χ3v) is 2.42. The minimum atomic E-state index is 0.0608. The SMILES string of the molecule is N#Cc1cncn1CC(=O)Cc1ccccc1. The molecule has 4 nitrogen and oxygen atoms in total. The van der Waals surface area contributed by atoms with Gasteiger partial charge in [0.05, 0.1) is 19.1 Å². The molecule has 0 atom stereocenters. The van der Waals surface area contributed by atoms with Crippen molar-refractivity contribution in [3.05, 3.63) is 54.1 Å². The van der Waals surface area contributed by atoms with Crippen molar-refractivity contribution in [2.75, 3.05) is 0 Å². The number of nitrogens with zero attached hydrogens (tertiary/aromatic N) is 3. The third-order valence-electron chi connectivity index (χ3n) is 2.42. The average Bonchev–Trinajstić information content (AvgIpc) is 2.77. The van der Waals surface area contributed by atoms with Crippen molar-refractivity contribution in [1.29, 1.82) is 5.26 Å². The Morgan fingerprint density at radius 1 is 1.35 bits per heavy atom. The molecule has 0 aliphatic heterocycles. The molecule has 2 rings (SSSR count).